The number of hydrogen-bond donors (Lipinski definition) is 0. The minimum absolute atomic E-state index is 0.826. The summed E-state index contributed by atoms with van der Waals surface area (Å²) in [6.45, 7) is 13.2. The zero-order chi connectivity index (χ0) is 30.0. The quantitative estimate of drug-likeness (QED) is 0.162. The van der Waals surface area contributed by atoms with Gasteiger partial charge in [-0.3, -0.25) is 0 Å². The molecular formula is C38H35Cl2NZr. The molecule has 7 rings (SSSR count). The van der Waals surface area contributed by atoms with Crippen LogP contribution in [0.3, 0.4) is 0 Å². The van der Waals surface area contributed by atoms with Gasteiger partial charge in [0.15, 0.2) is 0 Å². The van der Waals surface area contributed by atoms with E-state index in [1.807, 2.05) is 0 Å². The number of para-hydroxylation sites is 1. The molecule has 0 unspecified atom stereocenters. The Kier molecular flexibility index (Phi) is 9.58. The van der Waals surface area contributed by atoms with Crippen LogP contribution in [-0.4, -0.2) is 4.57 Å². The molecule has 1 nitrogen and oxygen atoms in total. The third-order valence-electron chi connectivity index (χ3n) is 8.72. The van der Waals surface area contributed by atoms with Crippen LogP contribution in [0.25, 0.3) is 49.3 Å². The van der Waals surface area contributed by atoms with Gasteiger partial charge in [0.2, 0.25) is 0 Å². The first kappa shape index (κ1) is 30.6. The molecule has 42 heavy (non-hydrogen) atoms. The van der Waals surface area contributed by atoms with Gasteiger partial charge in [-0.1, -0.05) is 108 Å². The summed E-state index contributed by atoms with van der Waals surface area (Å²) >= 11 is -0.826. The molecule has 0 amide bonds. The molecule has 0 aliphatic heterocycles. The van der Waals surface area contributed by atoms with E-state index in [2.05, 4.69) is 149 Å². The van der Waals surface area contributed by atoms with Crippen molar-refractivity contribution in [2.24, 2.45) is 0 Å². The number of halogens is 2. The molecule has 7 aromatic rings. The average Bonchev–Trinajstić information content (AvgIpc) is 3.65. The molecule has 0 radical (unpaired) electrons. The van der Waals surface area contributed by atoms with Crippen LogP contribution in [0.4, 0.5) is 0 Å². The van der Waals surface area contributed by atoms with Gasteiger partial charge in [0.1, 0.15) is 0 Å². The van der Waals surface area contributed by atoms with Crippen molar-refractivity contribution in [2.45, 2.75) is 41.5 Å². The summed E-state index contributed by atoms with van der Waals surface area (Å²) in [5.41, 5.74) is 13.7. The van der Waals surface area contributed by atoms with Crippen molar-refractivity contribution in [3.05, 3.63) is 137 Å². The molecule has 210 valence electrons. The van der Waals surface area contributed by atoms with Gasteiger partial charge in [0.05, 0.1) is 5.52 Å². The molecule has 0 aliphatic carbocycles. The van der Waals surface area contributed by atoms with Crippen LogP contribution in [0.5, 0.6) is 0 Å². The summed E-state index contributed by atoms with van der Waals surface area (Å²) in [5, 5.41) is 6.45. The summed E-state index contributed by atoms with van der Waals surface area (Å²) < 4.78 is 2.30. The van der Waals surface area contributed by atoms with Crippen LogP contribution < -0.4 is 0 Å². The summed E-state index contributed by atoms with van der Waals surface area (Å²) in [7, 11) is 9.87. The molecule has 0 saturated carbocycles. The molecule has 0 N–H and O–H groups in total. The summed E-state index contributed by atoms with van der Waals surface area (Å²) in [6.07, 6.45) is 2.18. The van der Waals surface area contributed by atoms with Crippen molar-refractivity contribution < 1.29 is 20.8 Å². The average molecular weight is 668 g/mol. The standard InChI is InChI=1S/C28H20N.C10H15.2ClH.Zr/c1-19-15-22-17-23(29-14-13-21-8-3-5-12-28(21)29)18-27(26(22)16-19)25-11-6-9-20-7-2-4-10-24(20)25;1-6-7(2)9(4)10(5)8(6)3;;;/h2-18H,1H3;1-5H3;2*1H;/q2*-1;;;+4/p-2. The first-order chi connectivity index (χ1) is 20.2. The monoisotopic (exact) mass is 665 g/mol. The number of aryl methyl sites for hydroxylation is 1. The third kappa shape index (κ3) is 5.96. The number of fused-ring (bicyclic) bond motifs is 3. The summed E-state index contributed by atoms with van der Waals surface area (Å²) in [5.74, 6) is 0. The Bertz CT molecular complexity index is 1920. The third-order valence-corrected chi connectivity index (χ3v) is 8.72. The van der Waals surface area contributed by atoms with E-state index < -0.39 is 20.8 Å². The van der Waals surface area contributed by atoms with Gasteiger partial charge >= 0.3 is 37.9 Å². The zero-order valence-electron chi connectivity index (χ0n) is 25.0. The van der Waals surface area contributed by atoms with Gasteiger partial charge in [-0.2, -0.15) is 33.9 Å². The Morgan fingerprint density at radius 2 is 1.29 bits per heavy atom. The van der Waals surface area contributed by atoms with Crippen LogP contribution >= 0.6 is 17.0 Å². The maximum absolute atomic E-state index is 4.93. The molecule has 0 atom stereocenters. The summed E-state index contributed by atoms with van der Waals surface area (Å²) in [4.78, 5) is 0. The fourth-order valence-electron chi connectivity index (χ4n) is 5.99. The van der Waals surface area contributed by atoms with Crippen molar-refractivity contribution in [3.8, 4) is 16.8 Å². The van der Waals surface area contributed by atoms with E-state index in [9.17, 15) is 0 Å². The molecular weight excluding hydrogens is 633 g/mol. The van der Waals surface area contributed by atoms with Crippen molar-refractivity contribution in [1.82, 2.24) is 4.57 Å². The van der Waals surface area contributed by atoms with E-state index in [0.717, 1.165) is 0 Å². The van der Waals surface area contributed by atoms with Crippen LogP contribution in [0.1, 0.15) is 33.4 Å². The van der Waals surface area contributed by atoms with Crippen LogP contribution in [0.2, 0.25) is 0 Å². The molecule has 6 aromatic carbocycles. The van der Waals surface area contributed by atoms with Crippen LogP contribution in [0.15, 0.2) is 103 Å². The molecule has 1 aromatic heterocycles. The maximum atomic E-state index is 4.93. The fraction of sp³-hybridized carbons (Fsp3) is 0.158. The Morgan fingerprint density at radius 3 is 1.95 bits per heavy atom. The van der Waals surface area contributed by atoms with E-state index in [-0.39, 0.29) is 0 Å². The number of hydrogen-bond acceptors (Lipinski definition) is 0. The summed E-state index contributed by atoms with van der Waals surface area (Å²) in [6, 6.07) is 35.3. The van der Waals surface area contributed by atoms with E-state index in [1.165, 1.54) is 82.6 Å². The Morgan fingerprint density at radius 1 is 0.667 bits per heavy atom. The van der Waals surface area contributed by atoms with Crippen LogP contribution in [-0.2, 0) is 20.8 Å². The van der Waals surface area contributed by atoms with Crippen molar-refractivity contribution in [2.75, 3.05) is 0 Å². The van der Waals surface area contributed by atoms with Crippen molar-refractivity contribution in [3.63, 3.8) is 0 Å². The van der Waals surface area contributed by atoms with Crippen molar-refractivity contribution >= 4 is 49.5 Å². The minimum atomic E-state index is -0.826. The topological polar surface area (TPSA) is 4.93 Å². The second-order valence-electron chi connectivity index (χ2n) is 11.0. The van der Waals surface area contributed by atoms with E-state index in [0.29, 0.717) is 0 Å². The first-order valence-corrected chi connectivity index (χ1v) is 20.5. The second kappa shape index (κ2) is 13.2. The fourth-order valence-corrected chi connectivity index (χ4v) is 5.99. The Labute approximate surface area is 268 Å². The molecule has 0 bridgehead atoms. The number of benzene rings is 4. The van der Waals surface area contributed by atoms with Crippen LogP contribution in [0, 0.1) is 41.5 Å². The van der Waals surface area contributed by atoms with Gasteiger partial charge in [0.25, 0.3) is 0 Å². The van der Waals surface area contributed by atoms with Gasteiger partial charge < -0.3 is 4.57 Å². The number of aromatic nitrogens is 1. The molecule has 0 spiro atoms. The predicted molar refractivity (Wildman–Crippen MR) is 181 cm³/mol. The number of rotatable bonds is 2. The van der Waals surface area contributed by atoms with Gasteiger partial charge in [-0.25, -0.2) is 0 Å². The molecule has 0 saturated heterocycles. The molecule has 0 aliphatic rings. The Hall–Kier alpha value is -2.90. The number of nitrogens with zero attached hydrogens (tertiary/aromatic N) is 1. The van der Waals surface area contributed by atoms with E-state index in [1.54, 1.807) is 0 Å². The van der Waals surface area contributed by atoms with Crippen molar-refractivity contribution in [1.29, 1.82) is 0 Å². The van der Waals surface area contributed by atoms with Gasteiger partial charge in [-0.15, -0.1) is 28.5 Å². The predicted octanol–water partition coefficient (Wildman–Crippen LogP) is 12.0. The van der Waals surface area contributed by atoms with Gasteiger partial charge in [-0.05, 0) is 39.9 Å². The molecule has 0 fully saturated rings. The normalized spacial score (nSPS) is 10.8. The van der Waals surface area contributed by atoms with Gasteiger partial charge in [0, 0.05) is 11.9 Å². The molecule has 4 heteroatoms. The Balaban J connectivity index is 0.000000228. The SMILES string of the molecule is Cc1c(C)c(C)[c-](C)c1C.Cc1cc2c(-c3cccc4ccccc34)cc(-n3ccc4ccccc43)cc2[cH-]1.[Cl][Zr+2][Cl]. The van der Waals surface area contributed by atoms with E-state index in [4.69, 9.17) is 17.0 Å². The zero-order valence-corrected chi connectivity index (χ0v) is 29.0. The molecule has 1 heterocycles. The first-order valence-electron chi connectivity index (χ1n) is 14.2. The second-order valence-corrected chi connectivity index (χ2v) is 14.7. The van der Waals surface area contributed by atoms with E-state index >= 15 is 0 Å².